The Labute approximate surface area is 147 Å². The monoisotopic (exact) mass is 323 g/mol. The molecule has 0 aromatic rings. The Morgan fingerprint density at radius 3 is 1.87 bits per heavy atom. The molecule has 0 aliphatic carbocycles. The molecule has 0 bridgehead atoms. The smallest absolute Gasteiger partial charge is 0.0212 e. The highest BCUT2D eigenvalue weighted by atomic mass is 15.2. The normalized spacial score (nSPS) is 33.1. The highest BCUT2D eigenvalue weighted by Crippen LogP contribution is 2.48. The molecule has 1 heteroatoms. The van der Waals surface area contributed by atoms with Crippen LogP contribution in [0.1, 0.15) is 100 Å². The summed E-state index contributed by atoms with van der Waals surface area (Å²) in [5.41, 5.74) is 0.766. The van der Waals surface area contributed by atoms with Crippen LogP contribution in [0.5, 0.6) is 0 Å². The number of piperidine rings is 1. The summed E-state index contributed by atoms with van der Waals surface area (Å²) >= 11 is 0. The van der Waals surface area contributed by atoms with Crippen molar-refractivity contribution in [3.05, 3.63) is 0 Å². The van der Waals surface area contributed by atoms with E-state index in [0.717, 1.165) is 23.7 Å². The fourth-order valence-corrected chi connectivity index (χ4v) is 4.64. The fourth-order valence-electron chi connectivity index (χ4n) is 4.64. The van der Waals surface area contributed by atoms with E-state index in [-0.39, 0.29) is 0 Å². The third-order valence-electron chi connectivity index (χ3n) is 6.73. The third kappa shape index (κ3) is 5.48. The molecule has 1 fully saturated rings. The van der Waals surface area contributed by atoms with E-state index in [1.54, 1.807) is 0 Å². The lowest BCUT2D eigenvalue weighted by Gasteiger charge is -2.59. The van der Waals surface area contributed by atoms with Crippen molar-refractivity contribution < 1.29 is 0 Å². The molecule has 1 rings (SSSR count). The molecule has 0 aromatic heterocycles. The zero-order valence-electron chi connectivity index (χ0n) is 17.7. The van der Waals surface area contributed by atoms with Gasteiger partial charge in [-0.3, -0.25) is 4.90 Å². The first-order chi connectivity index (χ1) is 10.5. The molecule has 1 nitrogen and oxygen atoms in total. The summed E-state index contributed by atoms with van der Waals surface area (Å²) in [6.07, 6.45) is 9.62. The van der Waals surface area contributed by atoms with E-state index in [4.69, 9.17) is 0 Å². The molecule has 23 heavy (non-hydrogen) atoms. The highest BCUT2D eigenvalue weighted by Gasteiger charge is 2.48. The van der Waals surface area contributed by atoms with Crippen LogP contribution in [0.3, 0.4) is 0 Å². The average molecular weight is 324 g/mol. The molecule has 0 N–H and O–H groups in total. The van der Waals surface area contributed by atoms with Gasteiger partial charge in [0.1, 0.15) is 0 Å². The van der Waals surface area contributed by atoms with Gasteiger partial charge in [0.15, 0.2) is 0 Å². The van der Waals surface area contributed by atoms with Crippen LogP contribution in [0.25, 0.3) is 0 Å². The van der Waals surface area contributed by atoms with Crippen LogP contribution in [0.4, 0.5) is 0 Å². The van der Waals surface area contributed by atoms with Crippen molar-refractivity contribution in [1.29, 1.82) is 0 Å². The molecule has 1 aliphatic rings. The lowest BCUT2D eigenvalue weighted by molar-refractivity contribution is -0.0813. The van der Waals surface area contributed by atoms with E-state index < -0.39 is 0 Å². The van der Waals surface area contributed by atoms with Crippen LogP contribution < -0.4 is 0 Å². The molecule has 138 valence electrons. The first-order valence-corrected chi connectivity index (χ1v) is 10.2. The van der Waals surface area contributed by atoms with Gasteiger partial charge in [-0.2, -0.15) is 0 Å². The number of rotatable bonds is 8. The SMILES string of the molecule is CC(C)CCC1(C)CCC(CC(C)C)C(C)(CCC(C)C)N1C. The largest absolute Gasteiger partial charge is 0.295 e. The van der Waals surface area contributed by atoms with E-state index in [1.807, 2.05) is 0 Å². The molecule has 1 heterocycles. The van der Waals surface area contributed by atoms with Crippen molar-refractivity contribution >= 4 is 0 Å². The van der Waals surface area contributed by atoms with Crippen molar-refractivity contribution in [2.45, 2.75) is 111 Å². The van der Waals surface area contributed by atoms with Crippen LogP contribution >= 0.6 is 0 Å². The Morgan fingerprint density at radius 1 is 0.870 bits per heavy atom. The zero-order valence-corrected chi connectivity index (χ0v) is 17.7. The van der Waals surface area contributed by atoms with Crippen LogP contribution in [0.15, 0.2) is 0 Å². The molecule has 3 atom stereocenters. The lowest BCUT2D eigenvalue weighted by atomic mass is 9.65. The minimum atomic E-state index is 0.374. The molecule has 1 aliphatic heterocycles. The van der Waals surface area contributed by atoms with Gasteiger partial charge in [0, 0.05) is 11.1 Å². The van der Waals surface area contributed by atoms with Gasteiger partial charge in [-0.25, -0.2) is 0 Å². The Bertz CT molecular complexity index is 346. The maximum Gasteiger partial charge on any atom is 0.0212 e. The first-order valence-electron chi connectivity index (χ1n) is 10.2. The molecule has 3 unspecified atom stereocenters. The topological polar surface area (TPSA) is 3.24 Å². The Hall–Kier alpha value is -0.0400. The summed E-state index contributed by atoms with van der Waals surface area (Å²) in [7, 11) is 2.44. The maximum absolute atomic E-state index is 2.82. The zero-order chi connectivity index (χ0) is 17.8. The van der Waals surface area contributed by atoms with E-state index in [2.05, 4.69) is 67.3 Å². The minimum Gasteiger partial charge on any atom is -0.295 e. The Balaban J connectivity index is 2.96. The summed E-state index contributed by atoms with van der Waals surface area (Å²) < 4.78 is 0. The third-order valence-corrected chi connectivity index (χ3v) is 6.73. The number of hydrogen-bond donors (Lipinski definition) is 0. The molecule has 0 saturated carbocycles. The Kier molecular flexibility index (Phi) is 7.64. The van der Waals surface area contributed by atoms with Crippen molar-refractivity contribution in [2.75, 3.05) is 7.05 Å². The van der Waals surface area contributed by atoms with Crippen molar-refractivity contribution in [2.24, 2.45) is 23.7 Å². The first kappa shape index (κ1) is 21.0. The van der Waals surface area contributed by atoms with E-state index >= 15 is 0 Å². The van der Waals surface area contributed by atoms with Gasteiger partial charge >= 0.3 is 0 Å². The number of hydrogen-bond acceptors (Lipinski definition) is 1. The van der Waals surface area contributed by atoms with E-state index in [9.17, 15) is 0 Å². The second-order valence-corrected chi connectivity index (χ2v) is 10.1. The fraction of sp³-hybridized carbons (Fsp3) is 1.00. The average Bonchev–Trinajstić information content (AvgIpc) is 2.44. The number of likely N-dealkylation sites (tertiary alicyclic amines) is 1. The van der Waals surface area contributed by atoms with Crippen LogP contribution in [0.2, 0.25) is 0 Å². The highest BCUT2D eigenvalue weighted by molar-refractivity contribution is 5.04. The van der Waals surface area contributed by atoms with Gasteiger partial charge in [-0.15, -0.1) is 0 Å². The van der Waals surface area contributed by atoms with E-state index in [1.165, 1.54) is 44.9 Å². The van der Waals surface area contributed by atoms with Gasteiger partial charge in [-0.05, 0) is 89.5 Å². The van der Waals surface area contributed by atoms with Crippen LogP contribution in [-0.2, 0) is 0 Å². The van der Waals surface area contributed by atoms with Gasteiger partial charge in [0.25, 0.3) is 0 Å². The predicted octanol–water partition coefficient (Wildman–Crippen LogP) is 6.76. The molecule has 0 radical (unpaired) electrons. The van der Waals surface area contributed by atoms with Crippen LogP contribution in [0, 0.1) is 23.7 Å². The molecular weight excluding hydrogens is 278 g/mol. The van der Waals surface area contributed by atoms with E-state index in [0.29, 0.717) is 11.1 Å². The predicted molar refractivity (Wildman–Crippen MR) is 105 cm³/mol. The standard InChI is InChI=1S/C22H45N/c1-17(2)10-13-21(7)14-12-20(16-19(5)6)22(8,23(21)9)15-11-18(3)4/h17-20H,10-16H2,1-9H3. The van der Waals surface area contributed by atoms with Gasteiger partial charge in [0.2, 0.25) is 0 Å². The Morgan fingerprint density at radius 2 is 1.39 bits per heavy atom. The van der Waals surface area contributed by atoms with Crippen LogP contribution in [-0.4, -0.2) is 23.0 Å². The number of nitrogens with zero attached hydrogens (tertiary/aromatic N) is 1. The lowest BCUT2D eigenvalue weighted by Crippen LogP contribution is -2.63. The quantitative estimate of drug-likeness (QED) is 0.476. The van der Waals surface area contributed by atoms with Gasteiger partial charge < -0.3 is 0 Å². The molecule has 1 saturated heterocycles. The summed E-state index contributed by atoms with van der Waals surface area (Å²) in [5, 5.41) is 0. The maximum atomic E-state index is 2.82. The summed E-state index contributed by atoms with van der Waals surface area (Å²) in [5.74, 6) is 3.30. The molecule has 0 spiro atoms. The van der Waals surface area contributed by atoms with Crippen molar-refractivity contribution in [3.63, 3.8) is 0 Å². The minimum absolute atomic E-state index is 0.374. The molecular formula is C22H45N. The summed E-state index contributed by atoms with van der Waals surface area (Å²) in [6, 6.07) is 0. The second-order valence-electron chi connectivity index (χ2n) is 10.1. The van der Waals surface area contributed by atoms with Gasteiger partial charge in [-0.1, -0.05) is 41.5 Å². The molecule has 0 amide bonds. The van der Waals surface area contributed by atoms with Crippen molar-refractivity contribution in [3.8, 4) is 0 Å². The summed E-state index contributed by atoms with van der Waals surface area (Å²) in [4.78, 5) is 2.82. The summed E-state index contributed by atoms with van der Waals surface area (Å²) in [6.45, 7) is 19.4. The second kappa shape index (κ2) is 8.37. The van der Waals surface area contributed by atoms with Crippen molar-refractivity contribution in [1.82, 2.24) is 4.90 Å². The molecule has 0 aromatic carbocycles. The van der Waals surface area contributed by atoms with Gasteiger partial charge in [0.05, 0.1) is 0 Å².